The van der Waals surface area contributed by atoms with Gasteiger partial charge in [0.05, 0.1) is 4.90 Å². The molecule has 6 heteroatoms. The average Bonchev–Trinajstić information content (AvgIpc) is 2.61. The lowest BCUT2D eigenvalue weighted by atomic mass is 10.0. The molecule has 2 aromatic rings. The van der Waals surface area contributed by atoms with Gasteiger partial charge in [-0.3, -0.25) is 4.79 Å². The predicted octanol–water partition coefficient (Wildman–Crippen LogP) is 3.95. The first-order valence-corrected chi connectivity index (χ1v) is 10.8. The average molecular weight is 389 g/mol. The lowest BCUT2D eigenvalue weighted by Crippen LogP contribution is -2.24. The summed E-state index contributed by atoms with van der Waals surface area (Å²) in [4.78, 5) is 12.4. The van der Waals surface area contributed by atoms with E-state index < -0.39 is 10.0 Å². The fraction of sp³-hybridized carbons (Fsp3) is 0.381. The number of rotatable bonds is 9. The van der Waals surface area contributed by atoms with Crippen molar-refractivity contribution in [2.75, 3.05) is 11.9 Å². The molecule has 146 valence electrons. The van der Waals surface area contributed by atoms with Gasteiger partial charge in [-0.05, 0) is 56.0 Å². The summed E-state index contributed by atoms with van der Waals surface area (Å²) in [6.07, 6.45) is 2.69. The van der Waals surface area contributed by atoms with Gasteiger partial charge in [-0.15, -0.1) is 0 Å². The second-order valence-corrected chi connectivity index (χ2v) is 8.52. The number of anilines is 1. The molecule has 2 N–H and O–H groups in total. The maximum Gasteiger partial charge on any atom is 0.240 e. The van der Waals surface area contributed by atoms with Crippen LogP contribution in [0.4, 0.5) is 5.69 Å². The van der Waals surface area contributed by atoms with E-state index in [1.54, 1.807) is 12.1 Å². The maximum atomic E-state index is 12.3. The topological polar surface area (TPSA) is 75.3 Å². The van der Waals surface area contributed by atoms with Crippen LogP contribution < -0.4 is 10.0 Å². The van der Waals surface area contributed by atoms with E-state index in [9.17, 15) is 13.2 Å². The number of nitrogens with one attached hydrogen (secondary N) is 2. The summed E-state index contributed by atoms with van der Waals surface area (Å²) in [5.41, 5.74) is 4.01. The van der Waals surface area contributed by atoms with Crippen LogP contribution in [0, 0.1) is 13.8 Å². The Morgan fingerprint density at radius 2 is 1.85 bits per heavy atom. The molecule has 2 aromatic carbocycles. The van der Waals surface area contributed by atoms with Crippen molar-refractivity contribution >= 4 is 21.6 Å². The first-order valence-electron chi connectivity index (χ1n) is 9.27. The van der Waals surface area contributed by atoms with E-state index in [0.717, 1.165) is 18.4 Å². The van der Waals surface area contributed by atoms with Crippen molar-refractivity contribution in [2.24, 2.45) is 0 Å². The number of sulfonamides is 1. The fourth-order valence-corrected chi connectivity index (χ4v) is 3.93. The molecule has 0 saturated carbocycles. The van der Waals surface area contributed by atoms with Crippen molar-refractivity contribution in [3.63, 3.8) is 0 Å². The third-order valence-electron chi connectivity index (χ3n) is 4.37. The first-order chi connectivity index (χ1) is 12.8. The molecule has 27 heavy (non-hydrogen) atoms. The van der Waals surface area contributed by atoms with Crippen LogP contribution in [0.25, 0.3) is 0 Å². The monoisotopic (exact) mass is 388 g/mol. The number of carbonyl (C=O) groups excluding carboxylic acids is 1. The number of carbonyl (C=O) groups is 1. The summed E-state index contributed by atoms with van der Waals surface area (Å²) in [5.74, 6) is -0.136. The third-order valence-corrected chi connectivity index (χ3v) is 5.83. The largest absolute Gasteiger partial charge is 0.326 e. The van der Waals surface area contributed by atoms with Crippen LogP contribution in [0.5, 0.6) is 0 Å². The molecule has 0 spiro atoms. The summed E-state index contributed by atoms with van der Waals surface area (Å²) in [6.45, 7) is 6.50. The Labute approximate surface area is 162 Å². The smallest absolute Gasteiger partial charge is 0.240 e. The molecule has 0 aromatic heterocycles. The molecule has 0 unspecified atom stereocenters. The van der Waals surface area contributed by atoms with Gasteiger partial charge in [-0.2, -0.15) is 0 Å². The number of benzene rings is 2. The number of aryl methyl sites for hydroxylation is 3. The van der Waals surface area contributed by atoms with Gasteiger partial charge < -0.3 is 5.32 Å². The Kier molecular flexibility index (Phi) is 7.56. The summed E-state index contributed by atoms with van der Waals surface area (Å²) >= 11 is 0. The molecule has 0 fully saturated rings. The van der Waals surface area contributed by atoms with Gasteiger partial charge in [-0.1, -0.05) is 43.2 Å². The quantitative estimate of drug-likeness (QED) is 0.639. The molecule has 0 saturated heterocycles. The molecule has 5 nitrogen and oxygen atoms in total. The minimum Gasteiger partial charge on any atom is -0.326 e. The zero-order chi connectivity index (χ0) is 19.9. The third kappa shape index (κ3) is 6.48. The summed E-state index contributed by atoms with van der Waals surface area (Å²) in [6, 6.07) is 12.5. The van der Waals surface area contributed by atoms with Crippen molar-refractivity contribution in [3.05, 3.63) is 59.2 Å². The van der Waals surface area contributed by atoms with Crippen LogP contribution in [0.3, 0.4) is 0 Å². The van der Waals surface area contributed by atoms with Crippen LogP contribution in [0.2, 0.25) is 0 Å². The first kappa shape index (κ1) is 21.1. The Morgan fingerprint density at radius 1 is 1.07 bits per heavy atom. The van der Waals surface area contributed by atoms with Crippen LogP contribution in [-0.4, -0.2) is 20.9 Å². The van der Waals surface area contributed by atoms with E-state index in [4.69, 9.17) is 0 Å². The van der Waals surface area contributed by atoms with Crippen molar-refractivity contribution in [3.8, 4) is 0 Å². The Morgan fingerprint density at radius 3 is 2.56 bits per heavy atom. The van der Waals surface area contributed by atoms with Crippen LogP contribution in [0.1, 0.15) is 42.9 Å². The highest BCUT2D eigenvalue weighted by molar-refractivity contribution is 7.89. The van der Waals surface area contributed by atoms with Crippen LogP contribution in [0.15, 0.2) is 47.4 Å². The number of hydrogen-bond acceptors (Lipinski definition) is 3. The number of amides is 1. The fourth-order valence-electron chi connectivity index (χ4n) is 2.81. The Bertz CT molecular complexity index is 892. The normalized spacial score (nSPS) is 11.4. The minimum absolute atomic E-state index is 0.136. The van der Waals surface area contributed by atoms with Gasteiger partial charge >= 0.3 is 0 Å². The van der Waals surface area contributed by atoms with E-state index >= 15 is 0 Å². The van der Waals surface area contributed by atoms with Crippen molar-refractivity contribution in [1.29, 1.82) is 0 Å². The second-order valence-electron chi connectivity index (χ2n) is 6.76. The molecule has 2 rings (SSSR count). The highest BCUT2D eigenvalue weighted by Crippen LogP contribution is 2.17. The molecule has 1 amide bonds. The van der Waals surface area contributed by atoms with Gasteiger partial charge in [0.25, 0.3) is 0 Å². The van der Waals surface area contributed by atoms with Gasteiger partial charge in [0.15, 0.2) is 0 Å². The lowest BCUT2D eigenvalue weighted by Gasteiger charge is -2.10. The van der Waals surface area contributed by atoms with Gasteiger partial charge in [0.2, 0.25) is 15.9 Å². The van der Waals surface area contributed by atoms with Crippen molar-refractivity contribution in [1.82, 2.24) is 4.72 Å². The zero-order valence-electron chi connectivity index (χ0n) is 16.2. The SMILES string of the molecule is CCCCNS(=O)(=O)c1cccc(NC(=O)CCc2ccc(C)cc2C)c1. The van der Waals surface area contributed by atoms with E-state index in [2.05, 4.69) is 16.1 Å². The lowest BCUT2D eigenvalue weighted by molar-refractivity contribution is -0.116. The molecular weight excluding hydrogens is 360 g/mol. The maximum absolute atomic E-state index is 12.3. The summed E-state index contributed by atoms with van der Waals surface area (Å²) in [5, 5.41) is 2.79. The van der Waals surface area contributed by atoms with Crippen molar-refractivity contribution < 1.29 is 13.2 Å². The van der Waals surface area contributed by atoms with E-state index in [-0.39, 0.29) is 10.8 Å². The highest BCUT2D eigenvalue weighted by atomic mass is 32.2. The van der Waals surface area contributed by atoms with E-state index in [1.807, 2.05) is 32.9 Å². The molecule has 0 radical (unpaired) electrons. The number of unbranched alkanes of at least 4 members (excludes halogenated alkanes) is 1. The van der Waals surface area contributed by atoms with Crippen LogP contribution in [-0.2, 0) is 21.2 Å². The molecule has 0 aliphatic rings. The molecule has 0 aliphatic carbocycles. The Balaban J connectivity index is 1.97. The minimum atomic E-state index is -3.56. The van der Waals surface area contributed by atoms with E-state index in [1.165, 1.54) is 23.3 Å². The van der Waals surface area contributed by atoms with Crippen molar-refractivity contribution in [2.45, 2.75) is 51.3 Å². The number of hydrogen-bond donors (Lipinski definition) is 2. The zero-order valence-corrected chi connectivity index (χ0v) is 17.0. The molecular formula is C21H28N2O3S. The standard InChI is InChI=1S/C21H28N2O3S/c1-4-5-13-22-27(25,26)20-8-6-7-19(15-20)23-21(24)12-11-18-10-9-16(2)14-17(18)3/h6-10,14-15,22H,4-5,11-13H2,1-3H3,(H,23,24). The molecule has 0 heterocycles. The second kappa shape index (κ2) is 9.67. The molecule has 0 aliphatic heterocycles. The van der Waals surface area contributed by atoms with E-state index in [0.29, 0.717) is 25.1 Å². The summed E-state index contributed by atoms with van der Waals surface area (Å²) < 4.78 is 27.2. The predicted molar refractivity (Wildman–Crippen MR) is 109 cm³/mol. The van der Waals surface area contributed by atoms with Gasteiger partial charge in [-0.25, -0.2) is 13.1 Å². The van der Waals surface area contributed by atoms with Crippen LogP contribution >= 0.6 is 0 Å². The Hall–Kier alpha value is -2.18. The molecule has 0 atom stereocenters. The van der Waals surface area contributed by atoms with Gasteiger partial charge in [0.1, 0.15) is 0 Å². The summed E-state index contributed by atoms with van der Waals surface area (Å²) in [7, 11) is -3.56. The van der Waals surface area contributed by atoms with Gasteiger partial charge in [0, 0.05) is 18.7 Å². The highest BCUT2D eigenvalue weighted by Gasteiger charge is 2.14. The molecule has 0 bridgehead atoms.